The Balaban J connectivity index is 2.85. The van der Waals surface area contributed by atoms with Gasteiger partial charge >= 0.3 is 0 Å². The summed E-state index contributed by atoms with van der Waals surface area (Å²) < 4.78 is 4.63. The quantitative estimate of drug-likeness (QED) is 0.153. The molecule has 0 spiro atoms. The number of benzene rings is 1. The van der Waals surface area contributed by atoms with Gasteiger partial charge in [0.15, 0.2) is 0 Å². The van der Waals surface area contributed by atoms with Crippen molar-refractivity contribution in [2.45, 2.75) is 24.3 Å². The van der Waals surface area contributed by atoms with Gasteiger partial charge in [0.05, 0.1) is 0 Å². The highest BCUT2D eigenvalue weighted by molar-refractivity contribution is 9.14. The Labute approximate surface area is 186 Å². The molecule has 0 heterocycles. The Hall–Kier alpha value is 2.54. The lowest BCUT2D eigenvalue weighted by atomic mass is 10.2. The van der Waals surface area contributed by atoms with E-state index in [9.17, 15) is 0 Å². The summed E-state index contributed by atoms with van der Waals surface area (Å²) in [6, 6.07) is 0. The van der Waals surface area contributed by atoms with Crippen LogP contribution in [-0.2, 0) is 11.5 Å². The van der Waals surface area contributed by atoms with E-state index in [-0.39, 0.29) is 0 Å². The second kappa shape index (κ2) is 12.8. The average molecular weight is 634 g/mol. The molecule has 0 saturated carbocycles. The summed E-state index contributed by atoms with van der Waals surface area (Å²) in [5.41, 5.74) is 2.60. The summed E-state index contributed by atoms with van der Waals surface area (Å²) in [6.07, 6.45) is 2.29. The normalized spacial score (nSPS) is 11.2. The Bertz CT molecular complexity index is 410. The molecule has 0 atom stereocenters. The highest BCUT2D eigenvalue weighted by Crippen LogP contribution is 2.44. The predicted molar refractivity (Wildman–Crippen MR) is 127 cm³/mol. The van der Waals surface area contributed by atoms with Gasteiger partial charge in [0.1, 0.15) is 0 Å². The fraction of sp³-hybridized carbons (Fsp3) is 0.571. The lowest BCUT2D eigenvalue weighted by molar-refractivity contribution is 1.12. The molecule has 0 aliphatic heterocycles. The molecule has 0 aliphatic rings. The van der Waals surface area contributed by atoms with E-state index in [4.69, 9.17) is 0 Å². The van der Waals surface area contributed by atoms with Crippen LogP contribution >= 0.6 is 113 Å². The van der Waals surface area contributed by atoms with Crippen LogP contribution < -0.4 is 0 Å². The second-order valence-electron chi connectivity index (χ2n) is 4.47. The Morgan fingerprint density at radius 2 is 0.955 bits per heavy atom. The van der Waals surface area contributed by atoms with Crippen LogP contribution in [0.25, 0.3) is 0 Å². The van der Waals surface area contributed by atoms with Crippen molar-refractivity contribution in [3.8, 4) is 0 Å². The smallest absolute Gasteiger partial charge is 0.0373 e. The molecule has 22 heavy (non-hydrogen) atoms. The van der Waals surface area contributed by atoms with Gasteiger partial charge in [0, 0.05) is 29.4 Å². The number of thiol groups is 2. The van der Waals surface area contributed by atoms with Crippen LogP contribution in [0, 0.1) is 0 Å². The summed E-state index contributed by atoms with van der Waals surface area (Å²) in [7, 11) is 0. The number of hydrogen-bond donors (Lipinski definition) is 2. The molecule has 1 rings (SSSR count). The average Bonchev–Trinajstić information content (AvgIpc) is 2.51. The van der Waals surface area contributed by atoms with Crippen LogP contribution in [0.4, 0.5) is 0 Å². The van der Waals surface area contributed by atoms with Gasteiger partial charge in [-0.25, -0.2) is 0 Å². The lowest BCUT2D eigenvalue weighted by Gasteiger charge is -2.16. The molecule has 0 unspecified atom stereocenters. The van der Waals surface area contributed by atoms with E-state index in [1.54, 1.807) is 0 Å². The second-order valence-corrected chi connectivity index (χ2v) is 10.7. The van der Waals surface area contributed by atoms with E-state index in [1.165, 1.54) is 11.1 Å². The van der Waals surface area contributed by atoms with Gasteiger partial charge in [-0.2, -0.15) is 48.8 Å². The molecular weight excluding hydrogens is 616 g/mol. The SMILES string of the molecule is SCCCSCc1c(Br)c(Br)c(CSCCCS)c(Br)c1Br. The molecule has 0 N–H and O–H groups in total. The minimum Gasteiger partial charge on any atom is -0.179 e. The third kappa shape index (κ3) is 7.04. The number of rotatable bonds is 10. The molecule has 0 aliphatic carbocycles. The first-order valence-electron chi connectivity index (χ1n) is 6.75. The van der Waals surface area contributed by atoms with Crippen molar-refractivity contribution < 1.29 is 0 Å². The molecule has 1 aromatic carbocycles. The van der Waals surface area contributed by atoms with Crippen LogP contribution in [0.15, 0.2) is 17.9 Å². The van der Waals surface area contributed by atoms with Crippen molar-refractivity contribution in [2.24, 2.45) is 0 Å². The van der Waals surface area contributed by atoms with E-state index in [1.807, 2.05) is 23.5 Å². The van der Waals surface area contributed by atoms with Crippen molar-refractivity contribution in [1.29, 1.82) is 0 Å². The van der Waals surface area contributed by atoms with Gasteiger partial charge in [-0.3, -0.25) is 0 Å². The summed E-state index contributed by atoms with van der Waals surface area (Å²) in [6.45, 7) is 0. The summed E-state index contributed by atoms with van der Waals surface area (Å²) in [5.74, 6) is 6.15. The maximum absolute atomic E-state index is 4.26. The maximum atomic E-state index is 4.26. The van der Waals surface area contributed by atoms with Gasteiger partial charge in [0.25, 0.3) is 0 Å². The first kappa shape index (κ1) is 22.6. The minimum atomic E-state index is 0.950. The zero-order valence-electron chi connectivity index (χ0n) is 11.9. The Morgan fingerprint density at radius 1 is 0.636 bits per heavy atom. The van der Waals surface area contributed by atoms with Gasteiger partial charge in [-0.15, -0.1) is 0 Å². The van der Waals surface area contributed by atoms with Crippen molar-refractivity contribution in [3.63, 3.8) is 0 Å². The van der Waals surface area contributed by atoms with E-state index in [0.29, 0.717) is 0 Å². The molecule has 0 saturated heterocycles. The summed E-state index contributed by atoms with van der Waals surface area (Å²) >= 11 is 27.4. The lowest BCUT2D eigenvalue weighted by Crippen LogP contribution is -1.97. The van der Waals surface area contributed by atoms with E-state index in [2.05, 4.69) is 89.0 Å². The molecule has 1 aromatic rings. The fourth-order valence-corrected chi connectivity index (χ4v) is 7.96. The molecule has 126 valence electrons. The third-order valence-corrected chi connectivity index (χ3v) is 10.2. The molecule has 0 bridgehead atoms. The zero-order chi connectivity index (χ0) is 16.5. The number of halogens is 4. The predicted octanol–water partition coefficient (Wildman–Crippen LogP) is 7.84. The van der Waals surface area contributed by atoms with Gasteiger partial charge < -0.3 is 0 Å². The number of hydrogen-bond acceptors (Lipinski definition) is 4. The molecule has 0 aromatic heterocycles. The topological polar surface area (TPSA) is 0 Å². The van der Waals surface area contributed by atoms with Crippen LogP contribution in [0.1, 0.15) is 24.0 Å². The molecule has 0 nitrogen and oxygen atoms in total. The molecule has 0 fully saturated rings. The van der Waals surface area contributed by atoms with Crippen LogP contribution in [0.3, 0.4) is 0 Å². The summed E-state index contributed by atoms with van der Waals surface area (Å²) in [5, 5.41) is 0. The third-order valence-electron chi connectivity index (χ3n) is 2.83. The minimum absolute atomic E-state index is 0.950. The van der Waals surface area contributed by atoms with Crippen LogP contribution in [0.5, 0.6) is 0 Å². The van der Waals surface area contributed by atoms with E-state index in [0.717, 1.165) is 65.2 Å². The number of thioether (sulfide) groups is 2. The molecule has 0 radical (unpaired) electrons. The van der Waals surface area contributed by atoms with Crippen LogP contribution in [0.2, 0.25) is 0 Å². The van der Waals surface area contributed by atoms with Gasteiger partial charge in [0.2, 0.25) is 0 Å². The Morgan fingerprint density at radius 3 is 1.23 bits per heavy atom. The van der Waals surface area contributed by atoms with Crippen molar-refractivity contribution in [2.75, 3.05) is 23.0 Å². The Kier molecular flexibility index (Phi) is 13.2. The maximum Gasteiger partial charge on any atom is 0.0373 e. The standard InChI is InChI=1S/C14H18Br4S4/c15-11-9(7-21-5-1-3-19)12(16)14(18)10(13(11)17)8-22-6-2-4-20/h19-20H,1-8H2. The largest absolute Gasteiger partial charge is 0.179 e. The first-order chi connectivity index (χ1) is 10.5. The highest BCUT2D eigenvalue weighted by atomic mass is 79.9. The van der Waals surface area contributed by atoms with Crippen molar-refractivity contribution >= 4 is 113 Å². The van der Waals surface area contributed by atoms with Crippen molar-refractivity contribution in [1.82, 2.24) is 0 Å². The molecular formula is C14H18Br4S4. The fourth-order valence-electron chi connectivity index (χ4n) is 1.66. The molecule has 8 heteroatoms. The van der Waals surface area contributed by atoms with E-state index < -0.39 is 0 Å². The van der Waals surface area contributed by atoms with Crippen molar-refractivity contribution in [3.05, 3.63) is 29.0 Å². The van der Waals surface area contributed by atoms with Crippen LogP contribution in [-0.4, -0.2) is 23.0 Å². The monoisotopic (exact) mass is 630 g/mol. The van der Waals surface area contributed by atoms with E-state index >= 15 is 0 Å². The molecule has 0 amide bonds. The van der Waals surface area contributed by atoms with Gasteiger partial charge in [-0.05, 0) is 111 Å². The van der Waals surface area contributed by atoms with Gasteiger partial charge in [-0.1, -0.05) is 0 Å². The highest BCUT2D eigenvalue weighted by Gasteiger charge is 2.18. The summed E-state index contributed by atoms with van der Waals surface area (Å²) in [4.78, 5) is 0. The first-order valence-corrected chi connectivity index (χ1v) is 13.5. The zero-order valence-corrected chi connectivity index (χ0v) is 21.6.